The molecule has 1 saturated heterocycles. The molecular weight excluding hydrogens is 266 g/mol. The molecule has 0 unspecified atom stereocenters. The average molecular weight is 283 g/mol. The molecule has 0 aliphatic carbocycles. The van der Waals surface area contributed by atoms with Crippen molar-refractivity contribution in [1.29, 1.82) is 0 Å². The molecule has 104 valence electrons. The van der Waals surface area contributed by atoms with Gasteiger partial charge in [0.15, 0.2) is 0 Å². The van der Waals surface area contributed by atoms with Crippen molar-refractivity contribution in [3.63, 3.8) is 0 Å². The number of methoxy groups -OCH3 is 2. The van der Waals surface area contributed by atoms with Crippen LogP contribution in [-0.4, -0.2) is 44.1 Å². The fraction of sp³-hybridized carbons (Fsp3) is 0.538. The molecule has 0 atom stereocenters. The van der Waals surface area contributed by atoms with Crippen molar-refractivity contribution in [1.82, 2.24) is 4.90 Å². The number of piperidine rings is 1. The number of carbonyl (C=O) groups excluding carboxylic acids is 2. The Morgan fingerprint density at radius 2 is 2.00 bits per heavy atom. The Balaban J connectivity index is 1.94. The molecule has 0 spiro atoms. The van der Waals surface area contributed by atoms with Crippen molar-refractivity contribution in [2.45, 2.75) is 12.8 Å². The Labute approximate surface area is 116 Å². The van der Waals surface area contributed by atoms with E-state index >= 15 is 0 Å². The van der Waals surface area contributed by atoms with Crippen molar-refractivity contribution >= 4 is 23.2 Å². The van der Waals surface area contributed by atoms with Crippen molar-refractivity contribution in [2.75, 3.05) is 27.3 Å². The average Bonchev–Trinajstić information content (AvgIpc) is 2.94. The van der Waals surface area contributed by atoms with E-state index in [1.807, 2.05) is 5.38 Å². The highest BCUT2D eigenvalue weighted by atomic mass is 32.1. The van der Waals surface area contributed by atoms with E-state index < -0.39 is 0 Å². The molecule has 1 aliphatic rings. The molecule has 0 radical (unpaired) electrons. The second kappa shape index (κ2) is 6.06. The van der Waals surface area contributed by atoms with Gasteiger partial charge in [-0.05, 0) is 12.8 Å². The summed E-state index contributed by atoms with van der Waals surface area (Å²) in [6.07, 6.45) is 1.34. The molecule has 5 nitrogen and oxygen atoms in total. The van der Waals surface area contributed by atoms with Gasteiger partial charge in [0.2, 0.25) is 0 Å². The first-order chi connectivity index (χ1) is 9.15. The van der Waals surface area contributed by atoms with Gasteiger partial charge in [-0.2, -0.15) is 0 Å². The number of hydrogen-bond donors (Lipinski definition) is 0. The van der Waals surface area contributed by atoms with Crippen LogP contribution >= 0.6 is 11.3 Å². The highest BCUT2D eigenvalue weighted by Crippen LogP contribution is 2.25. The van der Waals surface area contributed by atoms with E-state index in [9.17, 15) is 9.59 Å². The fourth-order valence-electron chi connectivity index (χ4n) is 2.18. The monoisotopic (exact) mass is 283 g/mol. The van der Waals surface area contributed by atoms with Crippen LogP contribution in [0.2, 0.25) is 0 Å². The molecule has 1 aliphatic heterocycles. The Morgan fingerprint density at radius 3 is 2.53 bits per heavy atom. The van der Waals surface area contributed by atoms with Gasteiger partial charge in [0.1, 0.15) is 5.75 Å². The summed E-state index contributed by atoms with van der Waals surface area (Å²) >= 11 is 1.38. The smallest absolute Gasteiger partial charge is 0.308 e. The molecule has 0 saturated carbocycles. The van der Waals surface area contributed by atoms with Crippen molar-refractivity contribution < 1.29 is 19.1 Å². The Kier molecular flexibility index (Phi) is 4.42. The van der Waals surface area contributed by atoms with Crippen LogP contribution in [0.4, 0.5) is 0 Å². The SMILES string of the molecule is COC(=O)C1CCN(C(=O)c2cc(OC)cs2)CC1. The van der Waals surface area contributed by atoms with Crippen molar-refractivity contribution in [2.24, 2.45) is 5.92 Å². The first-order valence-electron chi connectivity index (χ1n) is 6.15. The molecule has 6 heteroatoms. The number of esters is 1. The van der Waals surface area contributed by atoms with Gasteiger partial charge in [-0.3, -0.25) is 9.59 Å². The van der Waals surface area contributed by atoms with Crippen LogP contribution in [0, 0.1) is 5.92 Å². The van der Waals surface area contributed by atoms with E-state index in [1.165, 1.54) is 18.4 Å². The van der Waals surface area contributed by atoms with E-state index in [-0.39, 0.29) is 17.8 Å². The molecular formula is C13H17NO4S. The Bertz CT molecular complexity index is 463. The lowest BCUT2D eigenvalue weighted by atomic mass is 9.97. The van der Waals surface area contributed by atoms with Gasteiger partial charge in [0.05, 0.1) is 25.0 Å². The van der Waals surface area contributed by atoms with Crippen LogP contribution in [0.5, 0.6) is 5.75 Å². The number of rotatable bonds is 3. The summed E-state index contributed by atoms with van der Waals surface area (Å²) in [4.78, 5) is 26.1. The van der Waals surface area contributed by atoms with Crippen LogP contribution in [0.15, 0.2) is 11.4 Å². The lowest BCUT2D eigenvalue weighted by molar-refractivity contribution is -0.146. The molecule has 2 heterocycles. The van der Waals surface area contributed by atoms with Crippen LogP contribution in [0.3, 0.4) is 0 Å². The zero-order valence-electron chi connectivity index (χ0n) is 11.0. The van der Waals surface area contributed by atoms with Gasteiger partial charge in [-0.1, -0.05) is 0 Å². The zero-order chi connectivity index (χ0) is 13.8. The number of thiophene rings is 1. The predicted molar refractivity (Wildman–Crippen MR) is 71.5 cm³/mol. The minimum atomic E-state index is -0.176. The van der Waals surface area contributed by atoms with Crippen molar-refractivity contribution in [3.05, 3.63) is 16.3 Å². The van der Waals surface area contributed by atoms with E-state index in [1.54, 1.807) is 18.1 Å². The third-order valence-electron chi connectivity index (χ3n) is 3.34. The maximum absolute atomic E-state index is 12.2. The third kappa shape index (κ3) is 3.07. The fourth-order valence-corrected chi connectivity index (χ4v) is 3.00. The first-order valence-corrected chi connectivity index (χ1v) is 7.03. The quantitative estimate of drug-likeness (QED) is 0.794. The van der Waals surface area contributed by atoms with Gasteiger partial charge in [-0.15, -0.1) is 11.3 Å². The minimum Gasteiger partial charge on any atom is -0.496 e. The summed E-state index contributed by atoms with van der Waals surface area (Å²) in [6.45, 7) is 1.19. The molecule has 2 rings (SSSR count). The summed E-state index contributed by atoms with van der Waals surface area (Å²) in [7, 11) is 2.98. The molecule has 1 aromatic rings. The largest absolute Gasteiger partial charge is 0.496 e. The summed E-state index contributed by atoms with van der Waals surface area (Å²) in [6, 6.07) is 1.75. The van der Waals surface area contributed by atoms with Crippen molar-refractivity contribution in [3.8, 4) is 5.75 Å². The number of likely N-dealkylation sites (tertiary alicyclic amines) is 1. The van der Waals surface area contributed by atoms with Gasteiger partial charge in [0.25, 0.3) is 5.91 Å². The lowest BCUT2D eigenvalue weighted by Crippen LogP contribution is -2.40. The number of nitrogens with zero attached hydrogens (tertiary/aromatic N) is 1. The van der Waals surface area contributed by atoms with E-state index in [0.29, 0.717) is 36.6 Å². The molecule has 1 fully saturated rings. The van der Waals surface area contributed by atoms with E-state index in [2.05, 4.69) is 0 Å². The molecule has 19 heavy (non-hydrogen) atoms. The summed E-state index contributed by atoms with van der Waals surface area (Å²) in [5.74, 6) is 0.464. The van der Waals surface area contributed by atoms with Crippen LogP contribution < -0.4 is 4.74 Å². The Morgan fingerprint density at radius 1 is 1.32 bits per heavy atom. The normalized spacial score (nSPS) is 16.2. The maximum Gasteiger partial charge on any atom is 0.308 e. The number of amides is 1. The standard InChI is InChI=1S/C13H17NO4S/c1-17-10-7-11(19-8-10)12(15)14-5-3-9(4-6-14)13(16)18-2/h7-9H,3-6H2,1-2H3. The van der Waals surface area contributed by atoms with Gasteiger partial charge in [0, 0.05) is 24.5 Å². The maximum atomic E-state index is 12.2. The number of hydrogen-bond acceptors (Lipinski definition) is 5. The third-order valence-corrected chi connectivity index (χ3v) is 4.24. The highest BCUT2D eigenvalue weighted by Gasteiger charge is 2.28. The molecule has 0 aromatic carbocycles. The Hall–Kier alpha value is -1.56. The van der Waals surface area contributed by atoms with Crippen LogP contribution in [0.25, 0.3) is 0 Å². The second-order valence-corrected chi connectivity index (χ2v) is 5.35. The molecule has 1 aromatic heterocycles. The number of ether oxygens (including phenoxy) is 2. The van der Waals surface area contributed by atoms with Gasteiger partial charge in [-0.25, -0.2) is 0 Å². The lowest BCUT2D eigenvalue weighted by Gasteiger charge is -2.30. The van der Waals surface area contributed by atoms with E-state index in [0.717, 1.165) is 0 Å². The molecule has 0 bridgehead atoms. The van der Waals surface area contributed by atoms with Crippen LogP contribution in [0.1, 0.15) is 22.5 Å². The summed E-state index contributed by atoms with van der Waals surface area (Å²) in [5, 5.41) is 1.81. The topological polar surface area (TPSA) is 55.8 Å². The predicted octanol–water partition coefficient (Wildman–Crippen LogP) is 1.78. The van der Waals surface area contributed by atoms with Gasteiger partial charge < -0.3 is 14.4 Å². The zero-order valence-corrected chi connectivity index (χ0v) is 11.9. The molecule has 1 amide bonds. The van der Waals surface area contributed by atoms with Crippen LogP contribution in [-0.2, 0) is 9.53 Å². The first kappa shape index (κ1) is 13.9. The second-order valence-electron chi connectivity index (χ2n) is 4.44. The van der Waals surface area contributed by atoms with Gasteiger partial charge >= 0.3 is 5.97 Å². The highest BCUT2D eigenvalue weighted by molar-refractivity contribution is 7.12. The number of carbonyl (C=O) groups is 2. The minimum absolute atomic E-state index is 0.0108. The molecule has 0 N–H and O–H groups in total. The summed E-state index contributed by atoms with van der Waals surface area (Å²) < 4.78 is 9.80. The summed E-state index contributed by atoms with van der Waals surface area (Å²) in [5.41, 5.74) is 0. The van der Waals surface area contributed by atoms with E-state index in [4.69, 9.17) is 9.47 Å².